The molecule has 0 aliphatic heterocycles. The van der Waals surface area contributed by atoms with E-state index in [4.69, 9.17) is 19.2 Å². The van der Waals surface area contributed by atoms with Crippen LogP contribution in [0, 0.1) is 0 Å². The maximum atomic E-state index is 7.33. The fraction of sp³-hybridized carbons (Fsp3) is 0. The van der Waals surface area contributed by atoms with Gasteiger partial charge in [-0.2, -0.15) is 0 Å². The standard InChI is InChI=1S/Al.Fe.H4O4Si.3H/c;;1-5(2,3)4;;;/h;;1-4H;;;. The number of rotatable bonds is 0. The summed E-state index contributed by atoms with van der Waals surface area (Å²) in [4.78, 5) is 29.3. The van der Waals surface area contributed by atoms with Gasteiger partial charge < -0.3 is 19.2 Å². The Morgan fingerprint density at radius 1 is 0.857 bits per heavy atom. The summed E-state index contributed by atoms with van der Waals surface area (Å²) in [5, 5.41) is 0. The van der Waals surface area contributed by atoms with Crippen LogP contribution in [0.5, 0.6) is 0 Å². The molecule has 0 rings (SSSR count). The van der Waals surface area contributed by atoms with Crippen molar-refractivity contribution in [1.82, 2.24) is 0 Å². The second-order valence-corrected chi connectivity index (χ2v) is 1.80. The van der Waals surface area contributed by atoms with Gasteiger partial charge in [0, 0.05) is 17.1 Å². The van der Waals surface area contributed by atoms with Crippen molar-refractivity contribution in [2.75, 3.05) is 0 Å². The summed E-state index contributed by atoms with van der Waals surface area (Å²) in [5.41, 5.74) is 0. The van der Waals surface area contributed by atoms with Gasteiger partial charge in [-0.1, -0.05) is 0 Å². The van der Waals surface area contributed by atoms with Crippen LogP contribution in [-0.4, -0.2) is 45.6 Å². The van der Waals surface area contributed by atoms with Crippen LogP contribution in [0.2, 0.25) is 0 Å². The Morgan fingerprint density at radius 2 is 0.857 bits per heavy atom. The molecule has 46 valence electrons. The van der Waals surface area contributed by atoms with Crippen LogP contribution in [0.15, 0.2) is 0 Å². The Labute approximate surface area is 62.9 Å². The Kier molecular flexibility index (Phi) is 11.8. The van der Waals surface area contributed by atoms with E-state index in [2.05, 4.69) is 0 Å². The molecule has 0 spiro atoms. The molecule has 0 bridgehead atoms. The molecule has 0 aromatic rings. The minimum Gasteiger partial charge on any atom is -0.368 e. The molecule has 0 aliphatic rings. The maximum Gasteiger partial charge on any atom is 0.668 e. The van der Waals surface area contributed by atoms with Crippen LogP contribution in [0.1, 0.15) is 0 Å². The quantitative estimate of drug-likeness (QED) is 0.289. The van der Waals surface area contributed by atoms with Crippen molar-refractivity contribution in [3.05, 3.63) is 0 Å². The van der Waals surface area contributed by atoms with Crippen LogP contribution in [0.4, 0.5) is 0 Å². The van der Waals surface area contributed by atoms with Gasteiger partial charge in [0.15, 0.2) is 17.4 Å². The fourth-order valence-corrected chi connectivity index (χ4v) is 0. The first-order chi connectivity index (χ1) is 2.00. The molecule has 0 aromatic heterocycles. The van der Waals surface area contributed by atoms with E-state index in [-0.39, 0.29) is 34.4 Å². The van der Waals surface area contributed by atoms with Crippen LogP contribution in [-0.2, 0) is 17.1 Å². The van der Waals surface area contributed by atoms with E-state index in [1.165, 1.54) is 0 Å². The number of hydrogen-bond donors (Lipinski definition) is 4. The van der Waals surface area contributed by atoms with Crippen LogP contribution < -0.4 is 0 Å². The van der Waals surface area contributed by atoms with Gasteiger partial charge in [0.1, 0.15) is 0 Å². The number of hydrogen-bond acceptors (Lipinski definition) is 4. The molecule has 7 heavy (non-hydrogen) atoms. The van der Waals surface area contributed by atoms with Gasteiger partial charge in [-0.3, -0.25) is 0 Å². The van der Waals surface area contributed by atoms with Crippen molar-refractivity contribution in [3.8, 4) is 0 Å². The van der Waals surface area contributed by atoms with Gasteiger partial charge in [-0.05, 0) is 0 Å². The van der Waals surface area contributed by atoms with Crippen molar-refractivity contribution in [1.29, 1.82) is 0 Å². The normalized spacial score (nSPS) is 8.57. The third-order valence-electron chi connectivity index (χ3n) is 0. The van der Waals surface area contributed by atoms with Gasteiger partial charge in [-0.25, -0.2) is 0 Å². The Bertz CT molecular complexity index is 27.2. The van der Waals surface area contributed by atoms with Crippen molar-refractivity contribution in [2.45, 2.75) is 0 Å². The fourth-order valence-electron chi connectivity index (χ4n) is 0. The van der Waals surface area contributed by atoms with E-state index < -0.39 is 9.05 Å². The molecule has 0 aromatic carbocycles. The van der Waals surface area contributed by atoms with Crippen molar-refractivity contribution >= 4 is 26.4 Å². The molecule has 4 nitrogen and oxygen atoms in total. The van der Waals surface area contributed by atoms with E-state index >= 15 is 0 Å². The Balaban J connectivity index is -0.0000000800. The van der Waals surface area contributed by atoms with E-state index in [0.29, 0.717) is 0 Å². The average Bonchev–Trinajstić information content (AvgIpc) is 0.722. The molecule has 0 atom stereocenters. The second-order valence-electron chi connectivity index (χ2n) is 0.600. The minimum atomic E-state index is -4.61. The van der Waals surface area contributed by atoms with E-state index in [1.54, 1.807) is 0 Å². The second kappa shape index (κ2) is 5.25. The third-order valence-corrected chi connectivity index (χ3v) is 0. The molecule has 0 amide bonds. The average molecular weight is 182 g/mol. The summed E-state index contributed by atoms with van der Waals surface area (Å²) < 4.78 is 0. The zero-order valence-electron chi connectivity index (χ0n) is 2.64. The van der Waals surface area contributed by atoms with Crippen LogP contribution in [0.3, 0.4) is 0 Å². The molecule has 0 unspecified atom stereocenters. The van der Waals surface area contributed by atoms with Gasteiger partial charge in [0.2, 0.25) is 0 Å². The topological polar surface area (TPSA) is 80.9 Å². The summed E-state index contributed by atoms with van der Waals surface area (Å²) in [5.74, 6) is 0. The Hall–Kier alpha value is 1.11. The summed E-state index contributed by atoms with van der Waals surface area (Å²) >= 11 is 0. The van der Waals surface area contributed by atoms with Gasteiger partial charge in [0.25, 0.3) is 0 Å². The van der Waals surface area contributed by atoms with E-state index in [0.717, 1.165) is 0 Å². The molecule has 4 N–H and O–H groups in total. The molecule has 0 saturated heterocycles. The van der Waals surface area contributed by atoms with Gasteiger partial charge >= 0.3 is 9.05 Å². The van der Waals surface area contributed by atoms with Gasteiger partial charge in [0.05, 0.1) is 0 Å². The Morgan fingerprint density at radius 3 is 0.857 bits per heavy atom. The van der Waals surface area contributed by atoms with E-state index in [1.807, 2.05) is 0 Å². The predicted molar refractivity (Wildman–Crippen MR) is 24.6 cm³/mol. The van der Waals surface area contributed by atoms with Gasteiger partial charge in [-0.15, -0.1) is 0 Å². The maximum absolute atomic E-state index is 7.33. The van der Waals surface area contributed by atoms with Crippen molar-refractivity contribution < 1.29 is 36.3 Å². The first-order valence-electron chi connectivity index (χ1n) is 0.894. The van der Waals surface area contributed by atoms with E-state index in [9.17, 15) is 0 Å². The molecule has 0 aliphatic carbocycles. The van der Waals surface area contributed by atoms with Crippen LogP contribution in [0.25, 0.3) is 0 Å². The predicted octanol–water partition coefficient (Wildman–Crippen LogP) is -3.80. The molecular formula is H7AlFeO4Si. The first-order valence-corrected chi connectivity index (χ1v) is 2.68. The molecule has 0 fully saturated rings. The van der Waals surface area contributed by atoms with Crippen molar-refractivity contribution in [2.24, 2.45) is 0 Å². The summed E-state index contributed by atoms with van der Waals surface area (Å²) in [7, 11) is -4.61. The molecule has 7 heteroatoms. The first kappa shape index (κ1) is 15.7. The van der Waals surface area contributed by atoms with Crippen molar-refractivity contribution in [3.63, 3.8) is 0 Å². The zero-order chi connectivity index (χ0) is 4.50. The largest absolute Gasteiger partial charge is 0.668 e. The summed E-state index contributed by atoms with van der Waals surface area (Å²) in [6.07, 6.45) is 0. The molecular weight excluding hydrogens is 175 g/mol. The minimum absolute atomic E-state index is 0. The zero-order valence-corrected chi connectivity index (χ0v) is 4.75. The molecule has 0 saturated carbocycles. The molecule has 0 radical (unpaired) electrons. The van der Waals surface area contributed by atoms with Crippen LogP contribution >= 0.6 is 0 Å². The monoisotopic (exact) mass is 182 g/mol. The molecule has 0 heterocycles. The summed E-state index contributed by atoms with van der Waals surface area (Å²) in [6.45, 7) is 0. The third kappa shape index (κ3) is 151. The smallest absolute Gasteiger partial charge is 0.368 e. The SMILES string of the molecule is O[Si](O)(O)O.[AlH3].[Fe]. The summed E-state index contributed by atoms with van der Waals surface area (Å²) in [6, 6.07) is 0.